The lowest BCUT2D eigenvalue weighted by atomic mass is 10.0. The van der Waals surface area contributed by atoms with Crippen molar-refractivity contribution in [2.75, 3.05) is 0 Å². The Kier molecular flexibility index (Phi) is 5.27. The number of carboxylic acids is 1. The van der Waals surface area contributed by atoms with Crippen molar-refractivity contribution in [1.29, 1.82) is 5.26 Å². The third kappa shape index (κ3) is 3.25. The van der Waals surface area contributed by atoms with Gasteiger partial charge < -0.3 is 21.3 Å². The Balaban J connectivity index is 2.49. The molecule has 122 valence electrons. The van der Waals surface area contributed by atoms with Gasteiger partial charge in [-0.25, -0.2) is 9.59 Å². The first-order chi connectivity index (χ1) is 11.5. The molecule has 24 heavy (non-hydrogen) atoms. The van der Waals surface area contributed by atoms with Gasteiger partial charge in [0.2, 0.25) is 0 Å². The molecule has 0 aliphatic rings. The molecule has 0 spiro atoms. The van der Waals surface area contributed by atoms with Gasteiger partial charge in [-0.1, -0.05) is 18.2 Å². The molecule has 2 aromatic carbocycles. The molecule has 7 nitrogen and oxygen atoms in total. The van der Waals surface area contributed by atoms with Crippen molar-refractivity contribution in [3.8, 4) is 11.8 Å². The van der Waals surface area contributed by atoms with Crippen LogP contribution in [0.4, 0.5) is 0 Å². The smallest absolute Gasteiger partial charge is 0.343 e. The molecule has 0 radical (unpaired) electrons. The SMILES string of the molecule is N#Cc1cccc(C(=O)O)c1OC(=O)c1cccc(CN)c1CN. The largest absolute Gasteiger partial charge is 0.478 e. The second-order valence-electron chi connectivity index (χ2n) is 4.84. The van der Waals surface area contributed by atoms with Crippen molar-refractivity contribution in [2.45, 2.75) is 13.1 Å². The number of esters is 1. The van der Waals surface area contributed by atoms with E-state index in [0.717, 1.165) is 0 Å². The highest BCUT2D eigenvalue weighted by Crippen LogP contribution is 2.26. The summed E-state index contributed by atoms with van der Waals surface area (Å²) in [6.07, 6.45) is 0. The van der Waals surface area contributed by atoms with Gasteiger partial charge in [0.05, 0.1) is 11.1 Å². The first-order valence-electron chi connectivity index (χ1n) is 7.03. The highest BCUT2D eigenvalue weighted by molar-refractivity contribution is 5.97. The first-order valence-corrected chi connectivity index (χ1v) is 7.03. The summed E-state index contributed by atoms with van der Waals surface area (Å²) in [6.45, 7) is 0.270. The van der Waals surface area contributed by atoms with E-state index in [1.807, 2.05) is 6.07 Å². The summed E-state index contributed by atoms with van der Waals surface area (Å²) >= 11 is 0. The number of hydrogen-bond donors (Lipinski definition) is 3. The van der Waals surface area contributed by atoms with E-state index in [-0.39, 0.29) is 35.5 Å². The first kappa shape index (κ1) is 17.1. The van der Waals surface area contributed by atoms with Crippen LogP contribution in [0, 0.1) is 11.3 Å². The van der Waals surface area contributed by atoms with Crippen molar-refractivity contribution in [3.05, 3.63) is 64.2 Å². The zero-order chi connectivity index (χ0) is 17.7. The molecular formula is C17H15N3O4. The van der Waals surface area contributed by atoms with Gasteiger partial charge >= 0.3 is 11.9 Å². The topological polar surface area (TPSA) is 139 Å². The van der Waals surface area contributed by atoms with Crippen LogP contribution < -0.4 is 16.2 Å². The third-order valence-corrected chi connectivity index (χ3v) is 3.48. The number of carbonyl (C=O) groups is 2. The molecule has 0 aromatic heterocycles. The minimum atomic E-state index is -1.30. The van der Waals surface area contributed by atoms with E-state index in [0.29, 0.717) is 11.1 Å². The molecule has 0 atom stereocenters. The van der Waals surface area contributed by atoms with Gasteiger partial charge in [-0.15, -0.1) is 0 Å². The molecule has 0 amide bonds. The number of nitriles is 1. The highest BCUT2D eigenvalue weighted by Gasteiger charge is 2.21. The molecule has 7 heteroatoms. The van der Waals surface area contributed by atoms with Gasteiger partial charge in [0.25, 0.3) is 0 Å². The Morgan fingerprint density at radius 1 is 1.08 bits per heavy atom. The van der Waals surface area contributed by atoms with Crippen LogP contribution in [0.3, 0.4) is 0 Å². The molecule has 0 saturated carbocycles. The molecule has 0 heterocycles. The van der Waals surface area contributed by atoms with Crippen molar-refractivity contribution in [2.24, 2.45) is 11.5 Å². The number of aromatic carboxylic acids is 1. The quantitative estimate of drug-likeness (QED) is 0.557. The molecule has 0 aliphatic carbocycles. The number of hydrogen-bond acceptors (Lipinski definition) is 6. The van der Waals surface area contributed by atoms with Crippen LogP contribution in [0.2, 0.25) is 0 Å². The fraction of sp³-hybridized carbons (Fsp3) is 0.118. The van der Waals surface area contributed by atoms with Gasteiger partial charge in [0.1, 0.15) is 11.6 Å². The van der Waals surface area contributed by atoms with Crippen LogP contribution in [0.15, 0.2) is 36.4 Å². The fourth-order valence-corrected chi connectivity index (χ4v) is 2.31. The molecular weight excluding hydrogens is 310 g/mol. The van der Waals surface area contributed by atoms with E-state index in [1.165, 1.54) is 24.3 Å². The summed E-state index contributed by atoms with van der Waals surface area (Å²) in [6, 6.07) is 10.7. The minimum Gasteiger partial charge on any atom is -0.478 e. The Morgan fingerprint density at radius 2 is 1.75 bits per heavy atom. The lowest BCUT2D eigenvalue weighted by Gasteiger charge is -2.13. The van der Waals surface area contributed by atoms with Crippen LogP contribution in [0.5, 0.6) is 5.75 Å². The maximum absolute atomic E-state index is 12.5. The van der Waals surface area contributed by atoms with Gasteiger partial charge in [-0.2, -0.15) is 5.26 Å². The van der Waals surface area contributed by atoms with Crippen LogP contribution in [0.25, 0.3) is 0 Å². The minimum absolute atomic E-state index is 0.0486. The van der Waals surface area contributed by atoms with Crippen molar-refractivity contribution in [1.82, 2.24) is 0 Å². The lowest BCUT2D eigenvalue weighted by Crippen LogP contribution is -2.18. The zero-order valence-corrected chi connectivity index (χ0v) is 12.7. The van der Waals surface area contributed by atoms with Crippen molar-refractivity contribution < 1.29 is 19.4 Å². The number of carbonyl (C=O) groups excluding carboxylic acids is 1. The molecule has 0 saturated heterocycles. The molecule has 0 bridgehead atoms. The van der Waals surface area contributed by atoms with Gasteiger partial charge in [-0.05, 0) is 29.3 Å². The summed E-state index contributed by atoms with van der Waals surface area (Å²) in [5.41, 5.74) is 12.4. The molecule has 2 aromatic rings. The summed E-state index contributed by atoms with van der Waals surface area (Å²) < 4.78 is 5.22. The number of rotatable bonds is 5. The fourth-order valence-electron chi connectivity index (χ4n) is 2.31. The average molecular weight is 325 g/mol. The number of nitrogens with zero attached hydrogens (tertiary/aromatic N) is 1. The second kappa shape index (κ2) is 7.37. The van der Waals surface area contributed by atoms with Gasteiger partial charge in [0.15, 0.2) is 5.75 Å². The third-order valence-electron chi connectivity index (χ3n) is 3.48. The number of benzene rings is 2. The standard InChI is InChI=1S/C17H15N3O4/c18-7-10-3-1-5-12(14(10)9-20)17(23)24-15-11(8-19)4-2-6-13(15)16(21)22/h1-6H,7,9,18,20H2,(H,21,22). The van der Waals surface area contributed by atoms with Gasteiger partial charge in [0, 0.05) is 13.1 Å². The maximum Gasteiger partial charge on any atom is 0.343 e. The molecule has 2 rings (SSSR count). The predicted molar refractivity (Wildman–Crippen MR) is 85.3 cm³/mol. The van der Waals surface area contributed by atoms with Crippen molar-refractivity contribution in [3.63, 3.8) is 0 Å². The van der Waals surface area contributed by atoms with E-state index in [2.05, 4.69) is 0 Å². The highest BCUT2D eigenvalue weighted by atomic mass is 16.5. The van der Waals surface area contributed by atoms with Crippen LogP contribution in [0.1, 0.15) is 37.4 Å². The lowest BCUT2D eigenvalue weighted by molar-refractivity contribution is 0.0681. The van der Waals surface area contributed by atoms with Crippen molar-refractivity contribution >= 4 is 11.9 Å². The monoisotopic (exact) mass is 325 g/mol. The van der Waals surface area contributed by atoms with E-state index >= 15 is 0 Å². The second-order valence-corrected chi connectivity index (χ2v) is 4.84. The number of ether oxygens (including phenoxy) is 1. The number of nitrogens with two attached hydrogens (primary N) is 2. The Labute approximate surface area is 138 Å². The summed E-state index contributed by atoms with van der Waals surface area (Å²) in [5.74, 6) is -2.39. The van der Waals surface area contributed by atoms with E-state index in [4.69, 9.17) is 21.5 Å². The summed E-state index contributed by atoms with van der Waals surface area (Å²) in [4.78, 5) is 23.8. The summed E-state index contributed by atoms with van der Waals surface area (Å²) in [7, 11) is 0. The Morgan fingerprint density at radius 3 is 2.33 bits per heavy atom. The average Bonchev–Trinajstić information content (AvgIpc) is 2.60. The predicted octanol–water partition coefficient (Wildman–Crippen LogP) is 1.39. The number of para-hydroxylation sites is 1. The molecule has 0 fully saturated rings. The van der Waals surface area contributed by atoms with Crippen LogP contribution >= 0.6 is 0 Å². The Bertz CT molecular complexity index is 840. The van der Waals surface area contributed by atoms with Crippen LogP contribution in [-0.4, -0.2) is 17.0 Å². The Hall–Kier alpha value is -3.21. The van der Waals surface area contributed by atoms with Gasteiger partial charge in [-0.3, -0.25) is 0 Å². The molecule has 0 unspecified atom stereocenters. The van der Waals surface area contributed by atoms with E-state index < -0.39 is 11.9 Å². The molecule has 5 N–H and O–H groups in total. The normalized spacial score (nSPS) is 10.0. The van der Waals surface area contributed by atoms with E-state index in [1.54, 1.807) is 12.1 Å². The zero-order valence-electron chi connectivity index (χ0n) is 12.7. The molecule has 0 aliphatic heterocycles. The maximum atomic E-state index is 12.5. The number of carboxylic acid groups (broad SMARTS) is 1. The van der Waals surface area contributed by atoms with E-state index in [9.17, 15) is 14.7 Å². The summed E-state index contributed by atoms with van der Waals surface area (Å²) in [5, 5.41) is 18.3. The van der Waals surface area contributed by atoms with Crippen LogP contribution in [-0.2, 0) is 13.1 Å².